The molecule has 0 unspecified atom stereocenters. The van der Waals surface area contributed by atoms with Crippen LogP contribution in [0.25, 0.3) is 0 Å². The first-order chi connectivity index (χ1) is 13.4. The number of fused-ring (bicyclic) bond motifs is 1. The number of nitrogens with one attached hydrogen (secondary N) is 1. The molecule has 1 aromatic rings. The van der Waals surface area contributed by atoms with Crippen LogP contribution in [-0.4, -0.2) is 75.2 Å². The minimum Gasteiger partial charge on any atom is -0.346 e. The van der Waals surface area contributed by atoms with Gasteiger partial charge in [-0.2, -0.15) is 0 Å². The Morgan fingerprint density at radius 2 is 1.89 bits per heavy atom. The Morgan fingerprint density at radius 3 is 2.54 bits per heavy atom. The summed E-state index contributed by atoms with van der Waals surface area (Å²) in [6.45, 7) is 6.13. The van der Waals surface area contributed by atoms with E-state index in [0.717, 1.165) is 45.2 Å². The molecule has 9 heteroatoms. The number of amides is 3. The maximum atomic E-state index is 12.8. The molecule has 9 nitrogen and oxygen atoms in total. The molecule has 0 radical (unpaired) electrons. The summed E-state index contributed by atoms with van der Waals surface area (Å²) in [4.78, 5) is 41.1. The van der Waals surface area contributed by atoms with Crippen molar-refractivity contribution in [2.75, 3.05) is 26.7 Å². The van der Waals surface area contributed by atoms with E-state index in [0.29, 0.717) is 12.5 Å². The third-order valence-electron chi connectivity index (χ3n) is 5.32. The van der Waals surface area contributed by atoms with Crippen LogP contribution in [0.4, 0.5) is 0 Å². The van der Waals surface area contributed by atoms with Gasteiger partial charge in [-0.1, -0.05) is 31.9 Å². The monoisotopic (exact) mass is 390 g/mol. The molecule has 1 atom stereocenters. The lowest BCUT2D eigenvalue weighted by Crippen LogP contribution is -2.46. The molecule has 0 spiro atoms. The van der Waals surface area contributed by atoms with Gasteiger partial charge in [0.15, 0.2) is 11.4 Å². The first-order valence-corrected chi connectivity index (χ1v) is 10.1. The fourth-order valence-electron chi connectivity index (χ4n) is 3.90. The maximum Gasteiger partial charge on any atom is 0.277 e. The van der Waals surface area contributed by atoms with Crippen molar-refractivity contribution in [3.63, 3.8) is 0 Å². The van der Waals surface area contributed by atoms with Gasteiger partial charge >= 0.3 is 0 Å². The number of carbonyl (C=O) groups is 3. The smallest absolute Gasteiger partial charge is 0.277 e. The Kier molecular flexibility index (Phi) is 6.31. The van der Waals surface area contributed by atoms with E-state index in [1.165, 1.54) is 9.58 Å². The Labute approximate surface area is 165 Å². The second kappa shape index (κ2) is 8.70. The van der Waals surface area contributed by atoms with Gasteiger partial charge in [0.05, 0.1) is 13.1 Å². The van der Waals surface area contributed by atoms with E-state index < -0.39 is 5.91 Å². The quantitative estimate of drug-likeness (QED) is 0.805. The highest BCUT2D eigenvalue weighted by atomic mass is 16.2. The van der Waals surface area contributed by atoms with Gasteiger partial charge in [0, 0.05) is 26.2 Å². The summed E-state index contributed by atoms with van der Waals surface area (Å²) in [5.41, 5.74) is 0.186. The largest absolute Gasteiger partial charge is 0.346 e. The van der Waals surface area contributed by atoms with Gasteiger partial charge in [0.1, 0.15) is 0 Å². The van der Waals surface area contributed by atoms with Crippen molar-refractivity contribution in [2.45, 2.75) is 58.5 Å². The van der Waals surface area contributed by atoms with E-state index in [9.17, 15) is 14.4 Å². The Bertz CT molecular complexity index is 736. The first kappa shape index (κ1) is 20.3. The van der Waals surface area contributed by atoms with Crippen molar-refractivity contribution in [1.82, 2.24) is 30.1 Å². The van der Waals surface area contributed by atoms with E-state index >= 15 is 0 Å². The number of hydrogen-bond donors (Lipinski definition) is 1. The lowest BCUT2D eigenvalue weighted by atomic mass is 10.0. The molecule has 1 aromatic heterocycles. The van der Waals surface area contributed by atoms with Gasteiger partial charge in [0.25, 0.3) is 11.8 Å². The standard InChI is InChI=1S/C19H30N6O3/c1-13(2)10-14-11-25-17(18(27)20-14)16(21-22-25)19(28)23(3)12-15(26)24-8-6-4-5-7-9-24/h13-14H,4-12H2,1-3H3,(H,20,27)/t14-/m0/s1. The van der Waals surface area contributed by atoms with Crippen molar-refractivity contribution in [1.29, 1.82) is 0 Å². The number of likely N-dealkylation sites (N-methyl/N-ethyl adjacent to an activating group) is 1. The molecule has 1 fully saturated rings. The Hall–Kier alpha value is -2.45. The van der Waals surface area contributed by atoms with Crippen LogP contribution in [-0.2, 0) is 11.3 Å². The lowest BCUT2D eigenvalue weighted by molar-refractivity contribution is -0.131. The van der Waals surface area contributed by atoms with Crippen molar-refractivity contribution < 1.29 is 14.4 Å². The third kappa shape index (κ3) is 4.51. The summed E-state index contributed by atoms with van der Waals surface area (Å²) in [6.07, 6.45) is 5.10. The molecule has 0 saturated carbocycles. The molecular weight excluding hydrogens is 360 g/mol. The molecule has 2 aliphatic rings. The second-order valence-corrected chi connectivity index (χ2v) is 8.22. The molecule has 0 aromatic carbocycles. The summed E-state index contributed by atoms with van der Waals surface area (Å²) in [5, 5.41) is 10.9. The highest BCUT2D eigenvalue weighted by Crippen LogP contribution is 2.17. The van der Waals surface area contributed by atoms with Gasteiger partial charge in [-0.3, -0.25) is 14.4 Å². The number of aromatic nitrogens is 3. The Morgan fingerprint density at radius 1 is 1.21 bits per heavy atom. The van der Waals surface area contributed by atoms with E-state index in [2.05, 4.69) is 29.5 Å². The average molecular weight is 390 g/mol. The van der Waals surface area contributed by atoms with E-state index in [-0.39, 0.29) is 35.8 Å². The fraction of sp³-hybridized carbons (Fsp3) is 0.737. The molecule has 3 heterocycles. The summed E-state index contributed by atoms with van der Waals surface area (Å²) in [6, 6.07) is -0.0213. The third-order valence-corrected chi connectivity index (χ3v) is 5.32. The van der Waals surface area contributed by atoms with Gasteiger partial charge < -0.3 is 15.1 Å². The van der Waals surface area contributed by atoms with E-state index in [1.54, 1.807) is 7.05 Å². The highest BCUT2D eigenvalue weighted by Gasteiger charge is 2.33. The lowest BCUT2D eigenvalue weighted by Gasteiger charge is -2.26. The normalized spacial score (nSPS) is 19.8. The van der Waals surface area contributed by atoms with Crippen molar-refractivity contribution in [3.05, 3.63) is 11.4 Å². The van der Waals surface area contributed by atoms with Gasteiger partial charge in [-0.05, 0) is 25.2 Å². The maximum absolute atomic E-state index is 12.8. The van der Waals surface area contributed by atoms with Gasteiger partial charge in [-0.15, -0.1) is 5.10 Å². The number of rotatable bonds is 5. The van der Waals surface area contributed by atoms with Crippen LogP contribution in [0.5, 0.6) is 0 Å². The summed E-state index contributed by atoms with van der Waals surface area (Å²) < 4.78 is 1.50. The number of carbonyl (C=O) groups excluding carboxylic acids is 3. The summed E-state index contributed by atoms with van der Waals surface area (Å²) in [5.74, 6) is -0.424. The molecule has 1 N–H and O–H groups in total. The predicted molar refractivity (Wildman–Crippen MR) is 103 cm³/mol. The zero-order chi connectivity index (χ0) is 20.3. The highest BCUT2D eigenvalue weighted by molar-refractivity contribution is 6.05. The summed E-state index contributed by atoms with van der Waals surface area (Å²) >= 11 is 0. The van der Waals surface area contributed by atoms with Crippen LogP contribution in [0.1, 0.15) is 66.9 Å². The zero-order valence-electron chi connectivity index (χ0n) is 17.0. The van der Waals surface area contributed by atoms with Crippen LogP contribution >= 0.6 is 0 Å². The molecule has 3 rings (SSSR count). The number of hydrogen-bond acceptors (Lipinski definition) is 5. The molecule has 154 valence electrons. The number of nitrogens with zero attached hydrogens (tertiary/aromatic N) is 5. The molecule has 1 saturated heterocycles. The van der Waals surface area contributed by atoms with Gasteiger partial charge in [-0.25, -0.2) is 4.68 Å². The average Bonchev–Trinajstić information content (AvgIpc) is 2.87. The minimum absolute atomic E-state index is 0.00617. The molecule has 0 bridgehead atoms. The van der Waals surface area contributed by atoms with Crippen LogP contribution < -0.4 is 5.32 Å². The van der Waals surface area contributed by atoms with E-state index in [4.69, 9.17) is 0 Å². The van der Waals surface area contributed by atoms with Crippen LogP contribution in [0.3, 0.4) is 0 Å². The molecule has 0 aliphatic carbocycles. The fourth-order valence-corrected chi connectivity index (χ4v) is 3.90. The molecule has 3 amide bonds. The first-order valence-electron chi connectivity index (χ1n) is 10.1. The summed E-state index contributed by atoms with van der Waals surface area (Å²) in [7, 11) is 1.56. The minimum atomic E-state index is -0.457. The number of likely N-dealkylation sites (tertiary alicyclic amines) is 1. The van der Waals surface area contributed by atoms with Crippen molar-refractivity contribution in [3.8, 4) is 0 Å². The van der Waals surface area contributed by atoms with Crippen LogP contribution in [0.15, 0.2) is 0 Å². The Balaban J connectivity index is 1.67. The molecule has 2 aliphatic heterocycles. The molecular formula is C19H30N6O3. The van der Waals surface area contributed by atoms with E-state index in [1.807, 2.05) is 4.90 Å². The van der Waals surface area contributed by atoms with Crippen molar-refractivity contribution in [2.24, 2.45) is 5.92 Å². The van der Waals surface area contributed by atoms with Crippen molar-refractivity contribution >= 4 is 17.7 Å². The van der Waals surface area contributed by atoms with Crippen LogP contribution in [0.2, 0.25) is 0 Å². The molecule has 28 heavy (non-hydrogen) atoms. The SMILES string of the molecule is CC(C)C[C@H]1Cn2nnc(C(=O)N(C)CC(=O)N3CCCCCC3)c2C(=O)N1. The topological polar surface area (TPSA) is 100 Å². The second-order valence-electron chi connectivity index (χ2n) is 8.22. The zero-order valence-corrected chi connectivity index (χ0v) is 17.0. The van der Waals surface area contributed by atoms with Gasteiger partial charge in [0.2, 0.25) is 5.91 Å². The van der Waals surface area contributed by atoms with Crippen LogP contribution in [0, 0.1) is 5.92 Å². The predicted octanol–water partition coefficient (Wildman–Crippen LogP) is 0.911.